The van der Waals surface area contributed by atoms with Crippen LogP contribution in [0.15, 0.2) is 16.2 Å². The second kappa shape index (κ2) is 5.68. The Morgan fingerprint density at radius 2 is 1.76 bits per heavy atom. The highest BCUT2D eigenvalue weighted by molar-refractivity contribution is 5.89. The Labute approximate surface area is 149 Å². The van der Waals surface area contributed by atoms with Gasteiger partial charge in [0.05, 0.1) is 5.54 Å². The third-order valence-electron chi connectivity index (χ3n) is 6.74. The quantitative estimate of drug-likeness (QED) is 0.842. The van der Waals surface area contributed by atoms with Crippen molar-refractivity contribution in [2.24, 2.45) is 23.2 Å². The van der Waals surface area contributed by atoms with Crippen LogP contribution in [0.2, 0.25) is 0 Å². The van der Waals surface area contributed by atoms with Gasteiger partial charge in [0, 0.05) is 13.0 Å². The number of carbonyl (C=O) groups is 1. The van der Waals surface area contributed by atoms with Crippen LogP contribution in [-0.4, -0.2) is 16.0 Å². The highest BCUT2D eigenvalue weighted by Crippen LogP contribution is 2.62. The number of carbonyl (C=O) groups excluding carboxylic acids is 1. The van der Waals surface area contributed by atoms with Crippen molar-refractivity contribution in [3.63, 3.8) is 0 Å². The largest absolute Gasteiger partial charge is 0.340 e. The summed E-state index contributed by atoms with van der Waals surface area (Å²) in [7, 11) is 0. The first-order valence-electron chi connectivity index (χ1n) is 9.57. The predicted molar refractivity (Wildman–Crippen MR) is 94.6 cm³/mol. The molecule has 4 saturated carbocycles. The van der Waals surface area contributed by atoms with Crippen molar-refractivity contribution in [2.75, 3.05) is 0 Å². The number of aromatic nitrogens is 2. The molecule has 4 fully saturated rings. The second-order valence-corrected chi connectivity index (χ2v) is 9.28. The third kappa shape index (κ3) is 3.02. The van der Waals surface area contributed by atoms with Gasteiger partial charge in [-0.2, -0.15) is 4.98 Å². The summed E-state index contributed by atoms with van der Waals surface area (Å²) >= 11 is 0. The van der Waals surface area contributed by atoms with E-state index < -0.39 is 5.54 Å². The number of hydrogen-bond donors (Lipinski definition) is 1. The maximum Gasteiger partial charge on any atom is 0.244 e. The van der Waals surface area contributed by atoms with Gasteiger partial charge in [-0.25, -0.2) is 0 Å². The van der Waals surface area contributed by atoms with Gasteiger partial charge in [0.1, 0.15) is 0 Å². The van der Waals surface area contributed by atoms with Gasteiger partial charge in [-0.3, -0.25) is 4.79 Å². The Kier molecular flexibility index (Phi) is 3.82. The molecule has 4 aliphatic rings. The van der Waals surface area contributed by atoms with Crippen molar-refractivity contribution in [1.29, 1.82) is 0 Å². The smallest absolute Gasteiger partial charge is 0.244 e. The standard InChI is InChI=1S/C20H29N3O2/c1-12(20-9-14-6-15(10-20)8-16(7-14)11-20)5-17(24)22-19(3,4)18-21-13(2)25-23-18/h5,14-16H,6-11H2,1-4H3,(H,22,24)/b12-5-. The van der Waals surface area contributed by atoms with E-state index in [1.54, 1.807) is 6.92 Å². The lowest BCUT2D eigenvalue weighted by molar-refractivity contribution is -0.118. The molecule has 1 N–H and O–H groups in total. The van der Waals surface area contributed by atoms with E-state index >= 15 is 0 Å². The summed E-state index contributed by atoms with van der Waals surface area (Å²) in [6.45, 7) is 7.73. The number of nitrogens with one attached hydrogen (secondary N) is 1. The van der Waals surface area contributed by atoms with Gasteiger partial charge in [0.25, 0.3) is 0 Å². The Morgan fingerprint density at radius 1 is 1.20 bits per heavy atom. The molecule has 25 heavy (non-hydrogen) atoms. The summed E-state index contributed by atoms with van der Waals surface area (Å²) < 4.78 is 5.05. The highest BCUT2D eigenvalue weighted by atomic mass is 16.5. The number of aryl methyl sites for hydroxylation is 1. The summed E-state index contributed by atoms with van der Waals surface area (Å²) in [6.07, 6.45) is 9.93. The van der Waals surface area contributed by atoms with E-state index in [2.05, 4.69) is 22.4 Å². The normalized spacial score (nSPS) is 34.4. The Morgan fingerprint density at radius 3 is 2.24 bits per heavy atom. The Bertz CT molecular complexity index is 681. The lowest BCUT2D eigenvalue weighted by Gasteiger charge is -2.57. The summed E-state index contributed by atoms with van der Waals surface area (Å²) in [6, 6.07) is 0. The van der Waals surface area contributed by atoms with E-state index in [-0.39, 0.29) is 11.3 Å². The topological polar surface area (TPSA) is 68.0 Å². The second-order valence-electron chi connectivity index (χ2n) is 9.28. The van der Waals surface area contributed by atoms with Crippen LogP contribution in [0.1, 0.15) is 71.0 Å². The maximum absolute atomic E-state index is 12.7. The number of hydrogen-bond acceptors (Lipinski definition) is 4. The molecular weight excluding hydrogens is 314 g/mol. The van der Waals surface area contributed by atoms with Crippen LogP contribution in [0, 0.1) is 30.1 Å². The van der Waals surface area contributed by atoms with Gasteiger partial charge < -0.3 is 9.84 Å². The maximum atomic E-state index is 12.7. The van der Waals surface area contributed by atoms with Crippen molar-refractivity contribution in [3.8, 4) is 0 Å². The molecule has 1 amide bonds. The number of rotatable bonds is 4. The molecule has 0 saturated heterocycles. The molecule has 1 heterocycles. The molecule has 0 unspecified atom stereocenters. The first-order chi connectivity index (χ1) is 11.8. The highest BCUT2D eigenvalue weighted by Gasteiger charge is 2.51. The molecule has 0 spiro atoms. The van der Waals surface area contributed by atoms with Crippen molar-refractivity contribution >= 4 is 5.91 Å². The summed E-state index contributed by atoms with van der Waals surface area (Å²) in [5.74, 6) is 3.63. The number of allylic oxidation sites excluding steroid dienone is 1. The minimum atomic E-state index is -0.646. The summed E-state index contributed by atoms with van der Waals surface area (Å²) in [5.41, 5.74) is 0.899. The Balaban J connectivity index is 1.49. The van der Waals surface area contributed by atoms with Crippen molar-refractivity contribution in [3.05, 3.63) is 23.4 Å². The fourth-order valence-electron chi connectivity index (χ4n) is 5.90. The van der Waals surface area contributed by atoms with Crippen LogP contribution in [0.5, 0.6) is 0 Å². The SMILES string of the molecule is C/C(=C/C(=O)NC(C)(C)c1noc(C)n1)C12CC3CC(CC(C3)C1)C2. The van der Waals surface area contributed by atoms with E-state index in [1.165, 1.54) is 44.1 Å². The number of nitrogens with zero attached hydrogens (tertiary/aromatic N) is 2. The van der Waals surface area contributed by atoms with Crippen molar-refractivity contribution in [1.82, 2.24) is 15.5 Å². The first kappa shape index (κ1) is 16.8. The molecule has 4 aliphatic carbocycles. The van der Waals surface area contributed by atoms with Crippen LogP contribution >= 0.6 is 0 Å². The van der Waals surface area contributed by atoms with Crippen LogP contribution in [0.25, 0.3) is 0 Å². The van der Waals surface area contributed by atoms with Crippen LogP contribution in [0.3, 0.4) is 0 Å². The number of amides is 1. The zero-order valence-electron chi connectivity index (χ0n) is 15.8. The average Bonchev–Trinajstić information content (AvgIpc) is 2.92. The molecule has 1 aromatic rings. The Hall–Kier alpha value is -1.65. The van der Waals surface area contributed by atoms with E-state index in [4.69, 9.17) is 4.52 Å². The molecule has 1 aromatic heterocycles. The van der Waals surface area contributed by atoms with Crippen molar-refractivity contribution < 1.29 is 9.32 Å². The van der Waals surface area contributed by atoms with Gasteiger partial charge in [-0.05, 0) is 82.5 Å². The summed E-state index contributed by atoms with van der Waals surface area (Å²) in [4.78, 5) is 16.9. The molecule has 0 radical (unpaired) electrons. The van der Waals surface area contributed by atoms with E-state index in [0.29, 0.717) is 11.7 Å². The molecular formula is C20H29N3O2. The van der Waals surface area contributed by atoms with Gasteiger partial charge in [0.15, 0.2) is 5.82 Å². The first-order valence-corrected chi connectivity index (χ1v) is 9.57. The monoisotopic (exact) mass is 343 g/mol. The molecule has 5 rings (SSSR count). The van der Waals surface area contributed by atoms with E-state index in [1.807, 2.05) is 19.9 Å². The molecule has 0 aromatic carbocycles. The molecule has 0 aliphatic heterocycles. The zero-order valence-corrected chi connectivity index (χ0v) is 15.8. The van der Waals surface area contributed by atoms with E-state index in [9.17, 15) is 4.79 Å². The summed E-state index contributed by atoms with van der Waals surface area (Å²) in [5, 5.41) is 7.00. The zero-order chi connectivity index (χ0) is 17.8. The molecule has 4 bridgehead atoms. The van der Waals surface area contributed by atoms with E-state index in [0.717, 1.165) is 17.8 Å². The van der Waals surface area contributed by atoms with Gasteiger partial charge in [-0.15, -0.1) is 0 Å². The van der Waals surface area contributed by atoms with Gasteiger partial charge in [-0.1, -0.05) is 10.7 Å². The molecule has 0 atom stereocenters. The molecule has 5 heteroatoms. The minimum Gasteiger partial charge on any atom is -0.340 e. The minimum absolute atomic E-state index is 0.0549. The third-order valence-corrected chi connectivity index (χ3v) is 6.74. The fourth-order valence-corrected chi connectivity index (χ4v) is 5.90. The van der Waals surface area contributed by atoms with Gasteiger partial charge in [0.2, 0.25) is 11.8 Å². The fraction of sp³-hybridized carbons (Fsp3) is 0.750. The van der Waals surface area contributed by atoms with Crippen LogP contribution in [0.4, 0.5) is 0 Å². The van der Waals surface area contributed by atoms with Crippen molar-refractivity contribution in [2.45, 2.75) is 71.8 Å². The van der Waals surface area contributed by atoms with Crippen LogP contribution < -0.4 is 5.32 Å². The molecule has 5 nitrogen and oxygen atoms in total. The molecule has 136 valence electrons. The average molecular weight is 343 g/mol. The lowest BCUT2D eigenvalue weighted by Crippen LogP contribution is -2.47. The van der Waals surface area contributed by atoms with Gasteiger partial charge >= 0.3 is 0 Å². The predicted octanol–water partition coefficient (Wildman–Crippen LogP) is 3.89. The van der Waals surface area contributed by atoms with Crippen LogP contribution in [-0.2, 0) is 10.3 Å². The lowest BCUT2D eigenvalue weighted by atomic mass is 9.48.